The van der Waals surface area contributed by atoms with Crippen LogP contribution in [0.25, 0.3) is 0 Å². The Hall–Kier alpha value is -1.61. The molecule has 2 rings (SSSR count). The number of rotatable bonds is 3. The van der Waals surface area contributed by atoms with Crippen molar-refractivity contribution in [3.05, 3.63) is 57.3 Å². The van der Waals surface area contributed by atoms with Crippen molar-refractivity contribution in [3.8, 4) is 0 Å². The van der Waals surface area contributed by atoms with E-state index in [1.54, 1.807) is 11.3 Å². The Labute approximate surface area is 131 Å². The Morgan fingerprint density at radius 2 is 1.81 bits per heavy atom. The first-order chi connectivity index (χ1) is 9.77. The van der Waals surface area contributed by atoms with Gasteiger partial charge in [-0.05, 0) is 36.5 Å². The van der Waals surface area contributed by atoms with Crippen LogP contribution in [0.2, 0.25) is 0 Å². The third-order valence-electron chi connectivity index (χ3n) is 3.62. The lowest BCUT2D eigenvalue weighted by molar-refractivity contribution is 0.0940. The summed E-state index contributed by atoms with van der Waals surface area (Å²) < 4.78 is 0. The monoisotopic (exact) mass is 301 g/mol. The number of benzene rings is 1. The number of nitrogens with one attached hydrogen (secondary N) is 1. The SMILES string of the molecule is Cc1cc(C(=O)N[C@H](C)c2ccc(C(C)(C)C)cc2)cs1. The molecule has 2 nitrogen and oxygen atoms in total. The van der Waals surface area contributed by atoms with Gasteiger partial charge in [0.2, 0.25) is 0 Å². The minimum atomic E-state index is -0.00764. The number of thiophene rings is 1. The molecule has 1 amide bonds. The zero-order valence-electron chi connectivity index (χ0n) is 13.4. The second-order valence-electron chi connectivity index (χ2n) is 6.51. The molecule has 0 radical (unpaired) electrons. The van der Waals surface area contributed by atoms with Crippen LogP contribution in [0, 0.1) is 6.92 Å². The molecular formula is C18H23NOS. The van der Waals surface area contributed by atoms with E-state index in [2.05, 4.69) is 50.4 Å². The first kappa shape index (κ1) is 15.8. The van der Waals surface area contributed by atoms with Crippen molar-refractivity contribution in [2.24, 2.45) is 0 Å². The third kappa shape index (κ3) is 3.94. The molecule has 0 spiro atoms. The average Bonchev–Trinajstić information content (AvgIpc) is 2.84. The van der Waals surface area contributed by atoms with Gasteiger partial charge >= 0.3 is 0 Å². The Bertz CT molecular complexity index is 619. The zero-order chi connectivity index (χ0) is 15.6. The molecule has 0 saturated carbocycles. The van der Waals surface area contributed by atoms with Crippen molar-refractivity contribution in [3.63, 3.8) is 0 Å². The molecule has 0 aliphatic carbocycles. The molecule has 1 aromatic heterocycles. The zero-order valence-corrected chi connectivity index (χ0v) is 14.2. The molecule has 0 unspecified atom stereocenters. The number of hydrogen-bond donors (Lipinski definition) is 1. The van der Waals surface area contributed by atoms with Crippen molar-refractivity contribution in [2.75, 3.05) is 0 Å². The largest absolute Gasteiger partial charge is 0.345 e. The van der Waals surface area contributed by atoms with Gasteiger partial charge in [-0.3, -0.25) is 4.79 Å². The van der Waals surface area contributed by atoms with Crippen LogP contribution in [0.3, 0.4) is 0 Å². The van der Waals surface area contributed by atoms with E-state index in [0.29, 0.717) is 0 Å². The maximum absolute atomic E-state index is 12.2. The van der Waals surface area contributed by atoms with Crippen LogP contribution in [0.5, 0.6) is 0 Å². The lowest BCUT2D eigenvalue weighted by Crippen LogP contribution is -2.26. The second-order valence-corrected chi connectivity index (χ2v) is 7.63. The van der Waals surface area contributed by atoms with E-state index in [1.165, 1.54) is 5.56 Å². The Balaban J connectivity index is 2.06. The molecule has 1 aromatic carbocycles. The minimum Gasteiger partial charge on any atom is -0.345 e. The maximum Gasteiger partial charge on any atom is 0.252 e. The smallest absolute Gasteiger partial charge is 0.252 e. The summed E-state index contributed by atoms with van der Waals surface area (Å²) in [7, 11) is 0. The van der Waals surface area contributed by atoms with Gasteiger partial charge in [-0.15, -0.1) is 11.3 Å². The third-order valence-corrected chi connectivity index (χ3v) is 4.48. The fourth-order valence-electron chi connectivity index (χ4n) is 2.20. The second kappa shape index (κ2) is 6.02. The number of hydrogen-bond acceptors (Lipinski definition) is 2. The van der Waals surface area contributed by atoms with Crippen LogP contribution in [0.1, 0.15) is 60.1 Å². The van der Waals surface area contributed by atoms with E-state index >= 15 is 0 Å². The van der Waals surface area contributed by atoms with E-state index in [1.807, 2.05) is 25.3 Å². The summed E-state index contributed by atoms with van der Waals surface area (Å²) in [5.74, 6) is -0.00764. The van der Waals surface area contributed by atoms with Crippen molar-refractivity contribution >= 4 is 17.2 Å². The van der Waals surface area contributed by atoms with Gasteiger partial charge in [0.1, 0.15) is 0 Å². The molecule has 1 heterocycles. The molecule has 3 heteroatoms. The quantitative estimate of drug-likeness (QED) is 0.863. The average molecular weight is 301 g/mol. The highest BCUT2D eigenvalue weighted by Crippen LogP contribution is 2.24. The van der Waals surface area contributed by atoms with E-state index in [0.717, 1.165) is 16.0 Å². The van der Waals surface area contributed by atoms with E-state index < -0.39 is 0 Å². The first-order valence-electron chi connectivity index (χ1n) is 7.24. The highest BCUT2D eigenvalue weighted by molar-refractivity contribution is 7.10. The summed E-state index contributed by atoms with van der Waals surface area (Å²) >= 11 is 1.60. The number of amides is 1. The van der Waals surface area contributed by atoms with Gasteiger partial charge in [-0.1, -0.05) is 45.0 Å². The van der Waals surface area contributed by atoms with Gasteiger partial charge < -0.3 is 5.32 Å². The Kier molecular flexibility index (Phi) is 4.52. The molecule has 0 aliphatic heterocycles. The normalized spacial score (nSPS) is 13.0. The van der Waals surface area contributed by atoms with E-state index in [9.17, 15) is 4.79 Å². The molecule has 2 aromatic rings. The summed E-state index contributed by atoms with van der Waals surface area (Å²) in [4.78, 5) is 13.3. The van der Waals surface area contributed by atoms with Crippen molar-refractivity contribution in [1.29, 1.82) is 0 Å². The predicted molar refractivity (Wildman–Crippen MR) is 90.1 cm³/mol. The standard InChI is InChI=1S/C18H23NOS/c1-12-10-15(11-21-12)17(20)19-13(2)14-6-8-16(9-7-14)18(3,4)5/h6-11,13H,1-5H3,(H,19,20)/t13-/m1/s1. The molecule has 1 N–H and O–H groups in total. The van der Waals surface area contributed by atoms with Crippen LogP contribution in [0.15, 0.2) is 35.7 Å². The molecule has 0 saturated heterocycles. The Morgan fingerprint density at radius 3 is 2.29 bits per heavy atom. The highest BCUT2D eigenvalue weighted by atomic mass is 32.1. The number of aryl methyl sites for hydroxylation is 1. The summed E-state index contributed by atoms with van der Waals surface area (Å²) in [6.45, 7) is 10.6. The van der Waals surface area contributed by atoms with E-state index in [4.69, 9.17) is 0 Å². The summed E-state index contributed by atoms with van der Waals surface area (Å²) in [5.41, 5.74) is 3.33. The van der Waals surface area contributed by atoms with Gasteiger partial charge in [0, 0.05) is 10.3 Å². The highest BCUT2D eigenvalue weighted by Gasteiger charge is 2.15. The van der Waals surface area contributed by atoms with Gasteiger partial charge in [-0.25, -0.2) is 0 Å². The van der Waals surface area contributed by atoms with Gasteiger partial charge in [-0.2, -0.15) is 0 Å². The van der Waals surface area contributed by atoms with Gasteiger partial charge in [0.25, 0.3) is 5.91 Å². The lowest BCUT2D eigenvalue weighted by Gasteiger charge is -2.20. The van der Waals surface area contributed by atoms with E-state index in [-0.39, 0.29) is 17.4 Å². The molecule has 21 heavy (non-hydrogen) atoms. The van der Waals surface area contributed by atoms with Crippen molar-refractivity contribution in [1.82, 2.24) is 5.32 Å². The molecule has 0 bridgehead atoms. The van der Waals surface area contributed by atoms with Gasteiger partial charge in [0.15, 0.2) is 0 Å². The number of carbonyl (C=O) groups is 1. The predicted octanol–water partition coefficient (Wildman–Crippen LogP) is 4.85. The van der Waals surface area contributed by atoms with Crippen LogP contribution in [-0.4, -0.2) is 5.91 Å². The van der Waals surface area contributed by atoms with Crippen molar-refractivity contribution < 1.29 is 4.79 Å². The molecule has 0 fully saturated rings. The lowest BCUT2D eigenvalue weighted by atomic mass is 9.86. The van der Waals surface area contributed by atoms with Crippen LogP contribution in [-0.2, 0) is 5.41 Å². The van der Waals surface area contributed by atoms with Gasteiger partial charge in [0.05, 0.1) is 11.6 Å². The molecule has 0 aliphatic rings. The minimum absolute atomic E-state index is 0.00623. The van der Waals surface area contributed by atoms with Crippen LogP contribution < -0.4 is 5.32 Å². The summed E-state index contributed by atoms with van der Waals surface area (Å²) in [6, 6.07) is 10.4. The Morgan fingerprint density at radius 1 is 1.19 bits per heavy atom. The summed E-state index contributed by atoms with van der Waals surface area (Å²) in [6.07, 6.45) is 0. The van der Waals surface area contributed by atoms with Crippen molar-refractivity contribution in [2.45, 2.75) is 46.1 Å². The fraction of sp³-hybridized carbons (Fsp3) is 0.389. The fourth-order valence-corrected chi connectivity index (χ4v) is 2.88. The molecule has 1 atom stereocenters. The van der Waals surface area contributed by atoms with Crippen LogP contribution >= 0.6 is 11.3 Å². The topological polar surface area (TPSA) is 29.1 Å². The summed E-state index contributed by atoms with van der Waals surface area (Å²) in [5, 5.41) is 4.95. The maximum atomic E-state index is 12.2. The molecule has 112 valence electrons. The number of carbonyl (C=O) groups excluding carboxylic acids is 1. The molecular weight excluding hydrogens is 278 g/mol. The first-order valence-corrected chi connectivity index (χ1v) is 8.12. The van der Waals surface area contributed by atoms with Crippen LogP contribution in [0.4, 0.5) is 0 Å².